The van der Waals surface area contributed by atoms with Crippen molar-refractivity contribution < 1.29 is 9.31 Å². The lowest BCUT2D eigenvalue weighted by atomic mass is 9.67. The predicted octanol–water partition coefficient (Wildman–Crippen LogP) is 3.51. The quantitative estimate of drug-likeness (QED) is 0.580. The standard InChI is InChI=1S/C16H30BNO2/c1-7-18(8-2)14-11-9-13(10-12-14)17-19-15(3,4)16(5,6)20-17/h9,11,13-14H,7-8,10,12H2,1-6H3/t13-,14+/m0/s1. The predicted molar refractivity (Wildman–Crippen MR) is 84.9 cm³/mol. The second-order valence-corrected chi connectivity index (χ2v) is 7.04. The lowest BCUT2D eigenvalue weighted by molar-refractivity contribution is 0.00578. The van der Waals surface area contributed by atoms with Gasteiger partial charge in [-0.05, 0) is 53.6 Å². The maximum absolute atomic E-state index is 6.16. The number of nitrogens with zero attached hydrogens (tertiary/aromatic N) is 1. The molecule has 0 aromatic heterocycles. The minimum Gasteiger partial charge on any atom is -0.403 e. The molecule has 1 fully saturated rings. The minimum absolute atomic E-state index is 0.0890. The molecule has 0 amide bonds. The molecule has 0 aromatic carbocycles. The maximum atomic E-state index is 6.16. The Balaban J connectivity index is 1.99. The van der Waals surface area contributed by atoms with Crippen molar-refractivity contribution in [2.24, 2.45) is 0 Å². The molecule has 1 saturated heterocycles. The van der Waals surface area contributed by atoms with E-state index >= 15 is 0 Å². The van der Waals surface area contributed by atoms with Crippen LogP contribution in [0.3, 0.4) is 0 Å². The normalized spacial score (nSPS) is 32.0. The maximum Gasteiger partial charge on any atom is 0.465 e. The van der Waals surface area contributed by atoms with Gasteiger partial charge in [-0.3, -0.25) is 4.90 Å². The number of hydrogen-bond donors (Lipinski definition) is 0. The van der Waals surface area contributed by atoms with Crippen LogP contribution in [0.15, 0.2) is 12.2 Å². The highest BCUT2D eigenvalue weighted by molar-refractivity contribution is 6.48. The van der Waals surface area contributed by atoms with Crippen molar-refractivity contribution in [3.05, 3.63) is 12.2 Å². The van der Waals surface area contributed by atoms with Gasteiger partial charge < -0.3 is 9.31 Å². The van der Waals surface area contributed by atoms with Crippen LogP contribution in [0, 0.1) is 0 Å². The fourth-order valence-corrected chi connectivity index (χ4v) is 3.11. The molecule has 114 valence electrons. The third-order valence-electron chi connectivity index (χ3n) is 5.28. The Hall–Kier alpha value is -0.315. The summed E-state index contributed by atoms with van der Waals surface area (Å²) >= 11 is 0. The van der Waals surface area contributed by atoms with Crippen LogP contribution in [-0.4, -0.2) is 42.4 Å². The van der Waals surface area contributed by atoms with Crippen LogP contribution >= 0.6 is 0 Å². The molecule has 1 aliphatic heterocycles. The van der Waals surface area contributed by atoms with Crippen molar-refractivity contribution in [2.75, 3.05) is 13.1 Å². The lowest BCUT2D eigenvalue weighted by Crippen LogP contribution is -2.41. The van der Waals surface area contributed by atoms with E-state index < -0.39 is 0 Å². The Kier molecular flexibility index (Phi) is 4.67. The Bertz CT molecular complexity index is 347. The SMILES string of the molecule is CCN(CC)[C@@H]1C=C[C@H](B2OC(C)(C)C(C)(C)O2)CC1. The third kappa shape index (κ3) is 2.97. The molecule has 2 atom stereocenters. The molecule has 0 aromatic rings. The van der Waals surface area contributed by atoms with E-state index in [4.69, 9.17) is 9.31 Å². The molecule has 0 unspecified atom stereocenters. The highest BCUT2D eigenvalue weighted by Crippen LogP contribution is 2.42. The molecule has 1 heterocycles. The van der Waals surface area contributed by atoms with E-state index in [1.54, 1.807) is 0 Å². The molecule has 0 N–H and O–H groups in total. The molecular weight excluding hydrogens is 249 g/mol. The van der Waals surface area contributed by atoms with Gasteiger partial charge in [0.1, 0.15) is 0 Å². The highest BCUT2D eigenvalue weighted by Gasteiger charge is 2.53. The van der Waals surface area contributed by atoms with Gasteiger partial charge in [0.15, 0.2) is 0 Å². The van der Waals surface area contributed by atoms with Crippen LogP contribution in [-0.2, 0) is 9.31 Å². The zero-order valence-corrected chi connectivity index (χ0v) is 14.0. The van der Waals surface area contributed by atoms with E-state index in [-0.39, 0.29) is 18.3 Å². The van der Waals surface area contributed by atoms with E-state index in [0.717, 1.165) is 19.5 Å². The van der Waals surface area contributed by atoms with Gasteiger partial charge in [-0.1, -0.05) is 26.0 Å². The molecule has 2 rings (SSSR count). The van der Waals surface area contributed by atoms with Crippen molar-refractivity contribution in [1.29, 1.82) is 0 Å². The van der Waals surface area contributed by atoms with Crippen LogP contribution in [0.1, 0.15) is 54.4 Å². The summed E-state index contributed by atoms with van der Waals surface area (Å²) in [5, 5.41) is 0. The molecular formula is C16H30BNO2. The summed E-state index contributed by atoms with van der Waals surface area (Å²) in [5.41, 5.74) is -0.442. The molecule has 0 saturated carbocycles. The van der Waals surface area contributed by atoms with Gasteiger partial charge in [0.25, 0.3) is 0 Å². The summed E-state index contributed by atoms with van der Waals surface area (Å²) in [6.07, 6.45) is 7.02. The van der Waals surface area contributed by atoms with Crippen LogP contribution in [0.25, 0.3) is 0 Å². The van der Waals surface area contributed by atoms with E-state index in [1.807, 2.05) is 0 Å². The summed E-state index contributed by atoms with van der Waals surface area (Å²) in [5.74, 6) is 0.392. The Morgan fingerprint density at radius 3 is 1.95 bits per heavy atom. The van der Waals surface area contributed by atoms with E-state index in [0.29, 0.717) is 11.9 Å². The first kappa shape index (κ1) is 16.1. The van der Waals surface area contributed by atoms with E-state index in [2.05, 4.69) is 58.6 Å². The smallest absolute Gasteiger partial charge is 0.403 e. The molecule has 2 aliphatic rings. The number of likely N-dealkylation sites (N-methyl/N-ethyl adjacent to an activating group) is 1. The second-order valence-electron chi connectivity index (χ2n) is 7.04. The summed E-state index contributed by atoms with van der Waals surface area (Å²) < 4.78 is 12.3. The van der Waals surface area contributed by atoms with Crippen LogP contribution in [0.5, 0.6) is 0 Å². The van der Waals surface area contributed by atoms with Crippen molar-refractivity contribution in [2.45, 2.75) is 77.4 Å². The van der Waals surface area contributed by atoms with Gasteiger partial charge in [-0.25, -0.2) is 0 Å². The van der Waals surface area contributed by atoms with Crippen molar-refractivity contribution >= 4 is 7.12 Å². The van der Waals surface area contributed by atoms with Crippen molar-refractivity contribution in [1.82, 2.24) is 4.90 Å². The largest absolute Gasteiger partial charge is 0.465 e. The monoisotopic (exact) mass is 279 g/mol. The molecule has 20 heavy (non-hydrogen) atoms. The second kappa shape index (κ2) is 5.82. The molecule has 0 radical (unpaired) electrons. The molecule has 4 heteroatoms. The average molecular weight is 279 g/mol. The Morgan fingerprint density at radius 2 is 1.55 bits per heavy atom. The Morgan fingerprint density at radius 1 is 1.00 bits per heavy atom. The molecule has 3 nitrogen and oxygen atoms in total. The van der Waals surface area contributed by atoms with Crippen LogP contribution in [0.4, 0.5) is 0 Å². The minimum atomic E-state index is -0.221. The van der Waals surface area contributed by atoms with E-state index in [1.165, 1.54) is 6.42 Å². The first-order valence-electron chi connectivity index (χ1n) is 8.08. The van der Waals surface area contributed by atoms with Crippen LogP contribution in [0.2, 0.25) is 5.82 Å². The van der Waals surface area contributed by atoms with Gasteiger partial charge >= 0.3 is 7.12 Å². The summed E-state index contributed by atoms with van der Waals surface area (Å²) in [6, 6.07) is 0.587. The van der Waals surface area contributed by atoms with Gasteiger partial charge in [-0.15, -0.1) is 0 Å². The number of hydrogen-bond acceptors (Lipinski definition) is 3. The zero-order chi connectivity index (χ0) is 15.0. The topological polar surface area (TPSA) is 21.7 Å². The van der Waals surface area contributed by atoms with Crippen molar-refractivity contribution in [3.63, 3.8) is 0 Å². The lowest BCUT2D eigenvalue weighted by Gasteiger charge is -2.32. The van der Waals surface area contributed by atoms with Crippen LogP contribution < -0.4 is 0 Å². The fourth-order valence-electron chi connectivity index (χ4n) is 3.11. The number of rotatable bonds is 4. The van der Waals surface area contributed by atoms with Gasteiger partial charge in [0, 0.05) is 11.9 Å². The molecule has 0 spiro atoms. The van der Waals surface area contributed by atoms with Gasteiger partial charge in [0.2, 0.25) is 0 Å². The number of allylic oxidation sites excluding steroid dienone is 1. The first-order valence-corrected chi connectivity index (χ1v) is 8.08. The average Bonchev–Trinajstić information content (AvgIpc) is 2.61. The summed E-state index contributed by atoms with van der Waals surface area (Å²) in [4.78, 5) is 2.51. The van der Waals surface area contributed by atoms with E-state index in [9.17, 15) is 0 Å². The molecule has 1 aliphatic carbocycles. The summed E-state index contributed by atoms with van der Waals surface area (Å²) in [6.45, 7) is 15.2. The molecule has 0 bridgehead atoms. The Labute approximate surface area is 124 Å². The summed E-state index contributed by atoms with van der Waals surface area (Å²) in [7, 11) is -0.0890. The van der Waals surface area contributed by atoms with Crippen molar-refractivity contribution in [3.8, 4) is 0 Å². The van der Waals surface area contributed by atoms with Gasteiger partial charge in [-0.2, -0.15) is 0 Å². The first-order chi connectivity index (χ1) is 9.30. The highest BCUT2D eigenvalue weighted by atomic mass is 16.7. The third-order valence-corrected chi connectivity index (χ3v) is 5.28. The zero-order valence-electron chi connectivity index (χ0n) is 14.0. The van der Waals surface area contributed by atoms with Gasteiger partial charge in [0.05, 0.1) is 11.2 Å². The fraction of sp³-hybridized carbons (Fsp3) is 0.875.